The maximum absolute atomic E-state index is 12.8. The van der Waals surface area contributed by atoms with Gasteiger partial charge in [-0.1, -0.05) is 12.1 Å². The second-order valence-corrected chi connectivity index (χ2v) is 8.09. The van der Waals surface area contributed by atoms with Crippen molar-refractivity contribution < 1.29 is 23.1 Å². The maximum Gasteiger partial charge on any atom is 0.361 e. The van der Waals surface area contributed by atoms with Gasteiger partial charge in [0, 0.05) is 6.54 Å². The zero-order chi connectivity index (χ0) is 20.1. The Morgan fingerprint density at radius 3 is 2.36 bits per heavy atom. The highest BCUT2D eigenvalue weighted by Gasteiger charge is 2.26. The molecule has 3 rings (SSSR count). The zero-order valence-electron chi connectivity index (χ0n) is 16.1. The highest BCUT2D eigenvalue weighted by atomic mass is 31.2. The summed E-state index contributed by atoms with van der Waals surface area (Å²) >= 11 is 0. The minimum Gasteiger partial charge on any atom is -0.465 e. The number of esters is 1. The van der Waals surface area contributed by atoms with Crippen molar-refractivity contribution in [3.05, 3.63) is 59.9 Å². The van der Waals surface area contributed by atoms with Crippen molar-refractivity contribution in [3.8, 4) is 0 Å². The van der Waals surface area contributed by atoms with E-state index < -0.39 is 7.60 Å². The summed E-state index contributed by atoms with van der Waals surface area (Å²) in [6.45, 7) is 4.79. The summed E-state index contributed by atoms with van der Waals surface area (Å²) in [6.07, 6.45) is 1.73. The van der Waals surface area contributed by atoms with Gasteiger partial charge in [0.1, 0.15) is 0 Å². The van der Waals surface area contributed by atoms with Gasteiger partial charge in [-0.2, -0.15) is 0 Å². The van der Waals surface area contributed by atoms with E-state index in [2.05, 4.69) is 4.98 Å². The number of nitrogens with zero attached hydrogens (tertiary/aromatic N) is 2. The molecule has 0 spiro atoms. The number of carbonyl (C=O) groups is 1. The Kier molecular flexibility index (Phi) is 6.29. The Balaban J connectivity index is 1.82. The predicted molar refractivity (Wildman–Crippen MR) is 107 cm³/mol. The molecule has 0 saturated carbocycles. The van der Waals surface area contributed by atoms with Gasteiger partial charge in [-0.05, 0) is 49.7 Å². The van der Waals surface area contributed by atoms with Gasteiger partial charge in [0.2, 0.25) is 0 Å². The van der Waals surface area contributed by atoms with Crippen molar-refractivity contribution in [2.45, 2.75) is 20.4 Å². The summed E-state index contributed by atoms with van der Waals surface area (Å²) in [6, 6.07) is 12.6. The molecular weight excluding hydrogens is 379 g/mol. The van der Waals surface area contributed by atoms with Crippen molar-refractivity contribution >= 4 is 29.9 Å². The third-order valence-corrected chi connectivity index (χ3v) is 6.37. The van der Waals surface area contributed by atoms with Crippen LogP contribution >= 0.6 is 7.60 Å². The van der Waals surface area contributed by atoms with Gasteiger partial charge >= 0.3 is 13.6 Å². The monoisotopic (exact) mass is 402 g/mol. The number of rotatable bonds is 8. The molecular formula is C20H23N2O5P. The molecule has 7 nitrogen and oxygen atoms in total. The number of carbonyl (C=O) groups excluding carboxylic acids is 1. The molecule has 0 N–H and O–H groups in total. The molecule has 1 heterocycles. The van der Waals surface area contributed by atoms with Crippen molar-refractivity contribution in [2.75, 3.05) is 20.3 Å². The fraction of sp³-hybridized carbons (Fsp3) is 0.300. The Morgan fingerprint density at radius 1 is 1.07 bits per heavy atom. The predicted octanol–water partition coefficient (Wildman–Crippen LogP) is 3.76. The minimum atomic E-state index is -3.28. The molecule has 0 bridgehead atoms. The number of ether oxygens (including phenoxy) is 1. The fourth-order valence-electron chi connectivity index (χ4n) is 2.94. The van der Waals surface area contributed by atoms with Crippen LogP contribution in [0.2, 0.25) is 0 Å². The molecule has 0 amide bonds. The van der Waals surface area contributed by atoms with E-state index in [0.29, 0.717) is 30.6 Å². The number of benzene rings is 2. The molecule has 1 aromatic heterocycles. The number of hydrogen-bond donors (Lipinski definition) is 0. The highest BCUT2D eigenvalue weighted by molar-refractivity contribution is 7.62. The Morgan fingerprint density at radius 2 is 1.75 bits per heavy atom. The molecule has 148 valence electrons. The zero-order valence-corrected chi connectivity index (χ0v) is 17.0. The lowest BCUT2D eigenvalue weighted by molar-refractivity contribution is 0.0601. The van der Waals surface area contributed by atoms with E-state index in [1.165, 1.54) is 7.11 Å². The molecule has 0 fully saturated rings. The van der Waals surface area contributed by atoms with Gasteiger partial charge in [-0.15, -0.1) is 0 Å². The SMILES string of the molecule is CCOP(=O)(OCC)c1ccc(Cn2cnc3cc(C(=O)OC)ccc32)cc1. The lowest BCUT2D eigenvalue weighted by Crippen LogP contribution is -2.11. The first-order valence-corrected chi connectivity index (χ1v) is 10.6. The minimum absolute atomic E-state index is 0.313. The first-order valence-electron chi connectivity index (χ1n) is 9.02. The summed E-state index contributed by atoms with van der Waals surface area (Å²) in [4.78, 5) is 16.0. The van der Waals surface area contributed by atoms with Gasteiger partial charge in [0.25, 0.3) is 0 Å². The molecule has 28 heavy (non-hydrogen) atoms. The molecule has 0 aliphatic carbocycles. The molecule has 3 aromatic rings. The normalized spacial score (nSPS) is 11.7. The maximum atomic E-state index is 12.8. The molecule has 8 heteroatoms. The van der Waals surface area contributed by atoms with Gasteiger partial charge < -0.3 is 18.4 Å². The highest BCUT2D eigenvalue weighted by Crippen LogP contribution is 2.46. The van der Waals surface area contributed by atoms with Crippen LogP contribution in [-0.2, 0) is 24.9 Å². The lowest BCUT2D eigenvalue weighted by atomic mass is 10.2. The van der Waals surface area contributed by atoms with Crippen LogP contribution in [0.15, 0.2) is 48.8 Å². The van der Waals surface area contributed by atoms with Crippen LogP contribution in [0.3, 0.4) is 0 Å². The number of hydrogen-bond acceptors (Lipinski definition) is 6. The van der Waals surface area contributed by atoms with Crippen LogP contribution in [0, 0.1) is 0 Å². The average Bonchev–Trinajstić information content (AvgIpc) is 3.10. The van der Waals surface area contributed by atoms with E-state index in [1.807, 2.05) is 22.8 Å². The summed E-state index contributed by atoms with van der Waals surface area (Å²) in [5.41, 5.74) is 3.11. The largest absolute Gasteiger partial charge is 0.465 e. The van der Waals surface area contributed by atoms with Crippen LogP contribution in [0.4, 0.5) is 0 Å². The molecule has 0 aliphatic heterocycles. The smallest absolute Gasteiger partial charge is 0.361 e. The third kappa shape index (κ3) is 4.17. The topological polar surface area (TPSA) is 79.7 Å². The van der Waals surface area contributed by atoms with E-state index in [1.54, 1.807) is 44.4 Å². The van der Waals surface area contributed by atoms with Crippen molar-refractivity contribution in [2.24, 2.45) is 0 Å². The number of imidazole rings is 1. The lowest BCUT2D eigenvalue weighted by Gasteiger charge is -2.17. The fourth-order valence-corrected chi connectivity index (χ4v) is 4.51. The molecule has 2 aromatic carbocycles. The third-order valence-electron chi connectivity index (χ3n) is 4.25. The van der Waals surface area contributed by atoms with Gasteiger partial charge in [-0.3, -0.25) is 4.57 Å². The van der Waals surface area contributed by atoms with Crippen molar-refractivity contribution in [1.82, 2.24) is 9.55 Å². The van der Waals surface area contributed by atoms with Crippen LogP contribution in [0.25, 0.3) is 11.0 Å². The van der Waals surface area contributed by atoms with Gasteiger partial charge in [0.05, 0.1) is 48.6 Å². The van der Waals surface area contributed by atoms with E-state index in [0.717, 1.165) is 16.6 Å². The summed E-state index contributed by atoms with van der Waals surface area (Å²) in [7, 11) is -1.93. The van der Waals surface area contributed by atoms with E-state index >= 15 is 0 Å². The van der Waals surface area contributed by atoms with E-state index in [9.17, 15) is 9.36 Å². The van der Waals surface area contributed by atoms with Crippen molar-refractivity contribution in [3.63, 3.8) is 0 Å². The molecule has 0 radical (unpaired) electrons. The molecule has 0 unspecified atom stereocenters. The number of aromatic nitrogens is 2. The first kappa shape index (κ1) is 20.3. The van der Waals surface area contributed by atoms with Crippen LogP contribution in [0.5, 0.6) is 0 Å². The molecule has 0 aliphatic rings. The number of methoxy groups -OCH3 is 1. The average molecular weight is 402 g/mol. The van der Waals surface area contributed by atoms with Crippen molar-refractivity contribution in [1.29, 1.82) is 0 Å². The number of fused-ring (bicyclic) bond motifs is 1. The summed E-state index contributed by atoms with van der Waals surface area (Å²) in [5, 5.41) is 0.540. The van der Waals surface area contributed by atoms with Gasteiger partial charge in [0.15, 0.2) is 0 Å². The van der Waals surface area contributed by atoms with E-state index in [-0.39, 0.29) is 5.97 Å². The summed E-state index contributed by atoms with van der Waals surface area (Å²) < 4.78 is 30.3. The Hall–Kier alpha value is -2.47. The standard InChI is InChI=1S/C20H23N2O5P/c1-4-26-28(24,27-5-2)17-9-6-15(7-10-17)13-22-14-21-18-12-16(20(23)25-3)8-11-19(18)22/h6-12,14H,4-5,13H2,1-3H3. The van der Waals surface area contributed by atoms with Gasteiger partial charge in [-0.25, -0.2) is 9.78 Å². The Labute approximate surface area is 163 Å². The second-order valence-electron chi connectivity index (χ2n) is 6.07. The van der Waals surface area contributed by atoms with Crippen LogP contribution in [-0.4, -0.2) is 35.8 Å². The molecule has 0 atom stereocenters. The quantitative estimate of drug-likeness (QED) is 0.422. The van der Waals surface area contributed by atoms with E-state index in [4.69, 9.17) is 13.8 Å². The van der Waals surface area contributed by atoms with Crippen LogP contribution < -0.4 is 5.30 Å². The van der Waals surface area contributed by atoms with Crippen LogP contribution in [0.1, 0.15) is 29.8 Å². The summed E-state index contributed by atoms with van der Waals surface area (Å²) in [5.74, 6) is -0.389. The Bertz CT molecular complexity index is 1000. The molecule has 0 saturated heterocycles. The first-order chi connectivity index (χ1) is 13.5. The second kappa shape index (κ2) is 8.69.